The van der Waals surface area contributed by atoms with Gasteiger partial charge in [-0.15, -0.1) is 0 Å². The van der Waals surface area contributed by atoms with Crippen LogP contribution in [0, 0.1) is 0 Å². The topological polar surface area (TPSA) is 29.5 Å². The maximum Gasteiger partial charge on any atom is 0.330 e. The number of nitrogens with zero attached hydrogens (tertiary/aromatic N) is 1. The van der Waals surface area contributed by atoms with Crippen molar-refractivity contribution in [3.8, 4) is 0 Å². The van der Waals surface area contributed by atoms with Crippen LogP contribution in [0.5, 0.6) is 0 Å². The molecule has 0 aliphatic heterocycles. The molecule has 0 saturated carbocycles. The van der Waals surface area contributed by atoms with Gasteiger partial charge in [0.2, 0.25) is 0 Å². The minimum atomic E-state index is -0.333. The van der Waals surface area contributed by atoms with Gasteiger partial charge in [-0.25, -0.2) is 4.79 Å². The number of hydrogen-bond acceptors (Lipinski definition) is 3. The zero-order valence-electron chi connectivity index (χ0n) is 12.8. The van der Waals surface area contributed by atoms with E-state index in [9.17, 15) is 4.79 Å². The van der Waals surface area contributed by atoms with Gasteiger partial charge in [0.05, 0.1) is 0 Å². The zero-order chi connectivity index (χ0) is 14.3. The van der Waals surface area contributed by atoms with Crippen molar-refractivity contribution in [1.82, 2.24) is 4.90 Å². The molecular weight excluding hydrogens is 238 g/mol. The van der Waals surface area contributed by atoms with E-state index in [-0.39, 0.29) is 5.97 Å². The van der Waals surface area contributed by atoms with Crippen LogP contribution in [0.4, 0.5) is 0 Å². The largest absolute Gasteiger partial charge is 0.461 e. The summed E-state index contributed by atoms with van der Waals surface area (Å²) in [6, 6.07) is 0. The molecule has 0 rings (SSSR count). The molecule has 0 amide bonds. The van der Waals surface area contributed by atoms with Gasteiger partial charge in [0.25, 0.3) is 0 Å². The third-order valence-corrected chi connectivity index (χ3v) is 3.28. The molecule has 0 spiro atoms. The van der Waals surface area contributed by atoms with E-state index in [2.05, 4.69) is 25.5 Å². The summed E-state index contributed by atoms with van der Waals surface area (Å²) in [5.41, 5.74) is 0. The highest BCUT2D eigenvalue weighted by atomic mass is 16.5. The summed E-state index contributed by atoms with van der Waals surface area (Å²) >= 11 is 0. The number of hydrogen-bond donors (Lipinski definition) is 0. The second kappa shape index (κ2) is 13.6. The molecule has 3 heteroatoms. The standard InChI is InChI=1S/C16H31NO2/c1-4-6-7-8-9-10-11-12-13-17(3)14-15-19-16(18)5-2/h5H,2,4,6-15H2,1,3H3. The van der Waals surface area contributed by atoms with Crippen LogP contribution in [0.25, 0.3) is 0 Å². The van der Waals surface area contributed by atoms with Gasteiger partial charge in [0, 0.05) is 12.6 Å². The molecular formula is C16H31NO2. The highest BCUT2D eigenvalue weighted by Crippen LogP contribution is 2.08. The zero-order valence-corrected chi connectivity index (χ0v) is 12.8. The molecule has 112 valence electrons. The molecule has 0 aliphatic rings. The summed E-state index contributed by atoms with van der Waals surface area (Å²) in [6.07, 6.45) is 12.0. The SMILES string of the molecule is C=CC(=O)OCCN(C)CCCCCCCCCC. The molecule has 0 aliphatic carbocycles. The first-order valence-corrected chi connectivity index (χ1v) is 7.68. The number of esters is 1. The second-order valence-electron chi connectivity index (χ2n) is 5.15. The van der Waals surface area contributed by atoms with Gasteiger partial charge in [0.1, 0.15) is 6.61 Å². The summed E-state index contributed by atoms with van der Waals surface area (Å²) in [7, 11) is 2.07. The molecule has 0 heterocycles. The number of unbranched alkanes of at least 4 members (excludes halogenated alkanes) is 7. The van der Waals surface area contributed by atoms with Gasteiger partial charge in [-0.1, -0.05) is 58.4 Å². The number of likely N-dealkylation sites (N-methyl/N-ethyl adjacent to an activating group) is 1. The number of carbonyl (C=O) groups excluding carboxylic acids is 1. The lowest BCUT2D eigenvalue weighted by atomic mass is 10.1. The minimum Gasteiger partial charge on any atom is -0.461 e. The highest BCUT2D eigenvalue weighted by molar-refractivity contribution is 5.81. The van der Waals surface area contributed by atoms with Crippen LogP contribution in [-0.2, 0) is 9.53 Å². The molecule has 0 aromatic carbocycles. The third kappa shape index (κ3) is 13.4. The van der Waals surface area contributed by atoms with Gasteiger partial charge in [-0.2, -0.15) is 0 Å². The molecule has 19 heavy (non-hydrogen) atoms. The smallest absolute Gasteiger partial charge is 0.330 e. The Morgan fingerprint density at radius 1 is 1.05 bits per heavy atom. The van der Waals surface area contributed by atoms with Crippen molar-refractivity contribution in [1.29, 1.82) is 0 Å². The van der Waals surface area contributed by atoms with E-state index in [1.54, 1.807) is 0 Å². The maximum atomic E-state index is 10.8. The van der Waals surface area contributed by atoms with Crippen molar-refractivity contribution in [2.75, 3.05) is 26.7 Å². The summed E-state index contributed by atoms with van der Waals surface area (Å²) in [6.45, 7) is 7.96. The van der Waals surface area contributed by atoms with E-state index in [4.69, 9.17) is 4.74 Å². The molecule has 0 bridgehead atoms. The number of carbonyl (C=O) groups is 1. The normalized spacial score (nSPS) is 10.7. The molecule has 3 nitrogen and oxygen atoms in total. The first kappa shape index (κ1) is 18.2. The molecule has 0 aromatic heterocycles. The average molecular weight is 269 g/mol. The highest BCUT2D eigenvalue weighted by Gasteiger charge is 2.00. The Morgan fingerprint density at radius 2 is 1.63 bits per heavy atom. The summed E-state index contributed by atoms with van der Waals surface area (Å²) in [5, 5.41) is 0. The van der Waals surface area contributed by atoms with Crippen LogP contribution in [0.15, 0.2) is 12.7 Å². The van der Waals surface area contributed by atoms with E-state index in [1.165, 1.54) is 57.4 Å². The van der Waals surface area contributed by atoms with Crippen molar-refractivity contribution in [2.45, 2.75) is 58.3 Å². The lowest BCUT2D eigenvalue weighted by molar-refractivity contribution is -0.138. The van der Waals surface area contributed by atoms with Gasteiger partial charge in [-0.3, -0.25) is 0 Å². The van der Waals surface area contributed by atoms with Crippen LogP contribution in [0.3, 0.4) is 0 Å². The van der Waals surface area contributed by atoms with Crippen LogP contribution in [0.1, 0.15) is 58.3 Å². The Balaban J connectivity index is 3.22. The molecule has 0 unspecified atom stereocenters. The van der Waals surface area contributed by atoms with Crippen molar-refractivity contribution >= 4 is 5.97 Å². The van der Waals surface area contributed by atoms with Crippen molar-refractivity contribution < 1.29 is 9.53 Å². The van der Waals surface area contributed by atoms with E-state index < -0.39 is 0 Å². The van der Waals surface area contributed by atoms with Gasteiger partial charge >= 0.3 is 5.97 Å². The Labute approximate surface area is 119 Å². The van der Waals surface area contributed by atoms with Crippen LogP contribution in [0.2, 0.25) is 0 Å². The van der Waals surface area contributed by atoms with Crippen molar-refractivity contribution in [2.24, 2.45) is 0 Å². The van der Waals surface area contributed by atoms with Crippen LogP contribution >= 0.6 is 0 Å². The first-order chi connectivity index (χ1) is 9.20. The summed E-state index contributed by atoms with van der Waals surface area (Å²) in [4.78, 5) is 13.1. The fourth-order valence-electron chi connectivity index (χ4n) is 1.99. The second-order valence-corrected chi connectivity index (χ2v) is 5.15. The Hall–Kier alpha value is -0.830. The predicted octanol–water partition coefficient (Wildman–Crippen LogP) is 3.79. The number of rotatable bonds is 13. The molecule has 0 N–H and O–H groups in total. The predicted molar refractivity (Wildman–Crippen MR) is 81.3 cm³/mol. The summed E-state index contributed by atoms with van der Waals surface area (Å²) < 4.78 is 4.95. The average Bonchev–Trinajstić information content (AvgIpc) is 2.41. The molecule has 0 radical (unpaired) electrons. The van der Waals surface area contributed by atoms with Gasteiger partial charge < -0.3 is 9.64 Å². The third-order valence-electron chi connectivity index (χ3n) is 3.28. The van der Waals surface area contributed by atoms with Crippen molar-refractivity contribution in [3.63, 3.8) is 0 Å². The van der Waals surface area contributed by atoms with E-state index in [1.807, 2.05) is 0 Å². The Kier molecular flexibility index (Phi) is 13.0. The van der Waals surface area contributed by atoms with E-state index >= 15 is 0 Å². The minimum absolute atomic E-state index is 0.333. The Bertz CT molecular complexity index is 229. The maximum absolute atomic E-state index is 10.8. The fraction of sp³-hybridized carbons (Fsp3) is 0.812. The molecule has 0 atom stereocenters. The lowest BCUT2D eigenvalue weighted by Gasteiger charge is -2.15. The van der Waals surface area contributed by atoms with E-state index in [0.717, 1.165) is 13.1 Å². The van der Waals surface area contributed by atoms with Crippen LogP contribution < -0.4 is 0 Å². The molecule has 0 saturated heterocycles. The van der Waals surface area contributed by atoms with Gasteiger partial charge in [0.15, 0.2) is 0 Å². The molecule has 0 fully saturated rings. The van der Waals surface area contributed by atoms with E-state index in [0.29, 0.717) is 6.61 Å². The fourth-order valence-corrected chi connectivity index (χ4v) is 1.99. The van der Waals surface area contributed by atoms with Gasteiger partial charge in [-0.05, 0) is 20.0 Å². The van der Waals surface area contributed by atoms with Crippen LogP contribution in [-0.4, -0.2) is 37.6 Å². The monoisotopic (exact) mass is 269 g/mol. The number of ether oxygens (including phenoxy) is 1. The van der Waals surface area contributed by atoms with Crippen molar-refractivity contribution in [3.05, 3.63) is 12.7 Å². The summed E-state index contributed by atoms with van der Waals surface area (Å²) in [5.74, 6) is -0.333. The Morgan fingerprint density at radius 3 is 2.21 bits per heavy atom. The molecule has 0 aromatic rings. The quantitative estimate of drug-likeness (QED) is 0.289. The lowest BCUT2D eigenvalue weighted by Crippen LogP contribution is -2.25. The first-order valence-electron chi connectivity index (χ1n) is 7.68.